The van der Waals surface area contributed by atoms with Crippen LogP contribution in [0.5, 0.6) is 0 Å². The molecule has 1 N–H and O–H groups in total. The molecule has 5 rings (SSSR count). The molecule has 1 aliphatic rings. The number of hydrogen-bond donors (Lipinski definition) is 1. The number of aromatic amines is 1. The Morgan fingerprint density at radius 2 is 1.71 bits per heavy atom. The van der Waals surface area contributed by atoms with Gasteiger partial charge in [-0.3, -0.25) is 4.79 Å². The van der Waals surface area contributed by atoms with E-state index in [4.69, 9.17) is 15.7 Å². The van der Waals surface area contributed by atoms with Crippen LogP contribution in [-0.2, 0) is 9.78 Å². The maximum absolute atomic E-state index is 15.0. The molecule has 7 nitrogen and oxygen atoms in total. The second kappa shape index (κ2) is 8.72. The Labute approximate surface area is 202 Å². The van der Waals surface area contributed by atoms with Gasteiger partial charge in [0.25, 0.3) is 5.56 Å². The van der Waals surface area contributed by atoms with Gasteiger partial charge in [-0.25, -0.2) is 23.8 Å². The van der Waals surface area contributed by atoms with Gasteiger partial charge in [-0.2, -0.15) is 5.10 Å². The van der Waals surface area contributed by atoms with E-state index in [0.29, 0.717) is 19.0 Å². The molecule has 0 unspecified atom stereocenters. The van der Waals surface area contributed by atoms with Crippen molar-refractivity contribution in [1.82, 2.24) is 20.2 Å². The quantitative estimate of drug-likeness (QED) is 0.350. The number of H-pyrrole nitrogens is 1. The average molecular weight is 487 g/mol. The van der Waals surface area contributed by atoms with Gasteiger partial charge >= 0.3 is 0 Å². The molecular formula is C23H18B2F2N5O2P. The van der Waals surface area contributed by atoms with Crippen molar-refractivity contribution >= 4 is 44.9 Å². The maximum atomic E-state index is 15.0. The van der Waals surface area contributed by atoms with Gasteiger partial charge in [0.05, 0.1) is 26.8 Å². The highest BCUT2D eigenvalue weighted by atomic mass is 31.2. The van der Waals surface area contributed by atoms with Gasteiger partial charge in [0, 0.05) is 48.5 Å². The molecule has 2 aromatic heterocycles. The van der Waals surface area contributed by atoms with Crippen LogP contribution < -0.4 is 15.8 Å². The summed E-state index contributed by atoms with van der Waals surface area (Å²) in [6, 6.07) is 9.29. The van der Waals surface area contributed by atoms with Gasteiger partial charge in [-0.1, -0.05) is 11.6 Å². The molecule has 172 valence electrons. The molecule has 12 heteroatoms. The molecule has 4 radical (unpaired) electrons. The minimum absolute atomic E-state index is 0.0286. The zero-order chi connectivity index (χ0) is 24.8. The molecule has 0 aliphatic carbocycles. The molecule has 1 aliphatic heterocycles. The Morgan fingerprint density at radius 1 is 1.00 bits per heavy atom. The van der Waals surface area contributed by atoms with Crippen LogP contribution in [0.2, 0.25) is 0 Å². The minimum atomic E-state index is -3.12. The lowest BCUT2D eigenvalue weighted by Crippen LogP contribution is -2.39. The van der Waals surface area contributed by atoms with E-state index in [9.17, 15) is 18.1 Å². The van der Waals surface area contributed by atoms with Crippen LogP contribution in [0.25, 0.3) is 10.8 Å². The van der Waals surface area contributed by atoms with Crippen LogP contribution >= 0.6 is 7.14 Å². The topological polar surface area (TPSA) is 91.8 Å². The van der Waals surface area contributed by atoms with Crippen molar-refractivity contribution in [2.45, 2.75) is 5.21 Å². The highest BCUT2D eigenvalue weighted by molar-refractivity contribution is 7.71. The molecule has 35 heavy (non-hydrogen) atoms. The van der Waals surface area contributed by atoms with Crippen LogP contribution in [0.4, 0.5) is 14.7 Å². The van der Waals surface area contributed by atoms with Gasteiger partial charge < -0.3 is 9.46 Å². The van der Waals surface area contributed by atoms with Crippen LogP contribution in [-0.4, -0.2) is 61.3 Å². The zero-order valence-electron chi connectivity index (χ0n) is 18.5. The lowest BCUT2D eigenvalue weighted by atomic mass is 9.49. The van der Waals surface area contributed by atoms with Crippen molar-refractivity contribution in [1.29, 1.82) is 0 Å². The number of benzene rings is 2. The van der Waals surface area contributed by atoms with E-state index in [2.05, 4.69) is 20.2 Å². The summed E-state index contributed by atoms with van der Waals surface area (Å²) in [4.78, 5) is 22.5. The van der Waals surface area contributed by atoms with Gasteiger partial charge in [0.2, 0.25) is 5.95 Å². The normalized spacial score (nSPS) is 15.9. The third-order valence-electron chi connectivity index (χ3n) is 6.30. The molecule has 0 atom stereocenters. The highest BCUT2D eigenvalue weighted by Gasteiger charge is 2.35. The lowest BCUT2D eigenvalue weighted by Gasteiger charge is -2.33. The molecule has 2 aromatic carbocycles. The van der Waals surface area contributed by atoms with E-state index in [0.717, 1.165) is 6.07 Å². The number of rotatable bonds is 4. The number of halogens is 2. The molecule has 4 aromatic rings. The third kappa shape index (κ3) is 4.18. The van der Waals surface area contributed by atoms with E-state index in [1.54, 1.807) is 18.5 Å². The first-order chi connectivity index (χ1) is 16.7. The fourth-order valence-electron chi connectivity index (χ4n) is 4.36. The molecule has 0 saturated carbocycles. The van der Waals surface area contributed by atoms with E-state index < -0.39 is 29.5 Å². The van der Waals surface area contributed by atoms with Gasteiger partial charge in [0.15, 0.2) is 0 Å². The first kappa shape index (κ1) is 23.4. The molecule has 1 saturated heterocycles. The first-order valence-corrected chi connectivity index (χ1v) is 12.9. The number of nitrogens with zero attached hydrogens (tertiary/aromatic N) is 4. The summed E-state index contributed by atoms with van der Waals surface area (Å²) in [6.45, 7) is 0.804. The number of anilines is 1. The Kier molecular flexibility index (Phi) is 5.83. The molecular weight excluding hydrogens is 469 g/mol. The SMILES string of the molecule is [B]C([B])(c1ccc(F)c(P2(=O)CCN(c3ncccn3)CC2)c1)c1n[nH]c(=O)c2cc(F)ccc12. The first-order valence-electron chi connectivity index (χ1n) is 10.9. The molecule has 0 spiro atoms. The molecule has 0 amide bonds. The van der Waals surface area contributed by atoms with Gasteiger partial charge in [-0.05, 0) is 41.6 Å². The third-order valence-corrected chi connectivity index (χ3v) is 9.37. The standard InChI is InChI=1S/C23H18B2F2N5O2P/c24-23(25,20-16-4-3-15(26)13-17(16)21(33)31-30-20)14-2-5-18(27)19(12-14)35(34)10-8-32(9-11-35)22-28-6-1-7-29-22/h1-7,12-13H,8-11H2,(H,31,33). The second-order valence-electron chi connectivity index (χ2n) is 8.50. The Hall–Kier alpha value is -3.32. The number of nitrogens with one attached hydrogen (secondary N) is 1. The predicted molar refractivity (Wildman–Crippen MR) is 132 cm³/mol. The second-order valence-corrected chi connectivity index (χ2v) is 11.7. The highest BCUT2D eigenvalue weighted by Crippen LogP contribution is 2.48. The zero-order valence-corrected chi connectivity index (χ0v) is 19.4. The fourth-order valence-corrected chi connectivity index (χ4v) is 7.03. The fraction of sp³-hybridized carbons (Fsp3) is 0.217. The van der Waals surface area contributed by atoms with Crippen molar-refractivity contribution in [3.8, 4) is 0 Å². The largest absolute Gasteiger partial charge is 0.340 e. The smallest absolute Gasteiger partial charge is 0.272 e. The summed E-state index contributed by atoms with van der Waals surface area (Å²) in [5, 5.41) is 4.86. The molecule has 1 fully saturated rings. The van der Waals surface area contributed by atoms with Crippen LogP contribution in [0.3, 0.4) is 0 Å². The Balaban J connectivity index is 1.51. The minimum Gasteiger partial charge on any atom is -0.340 e. The summed E-state index contributed by atoms with van der Waals surface area (Å²) < 4.78 is 42.5. The van der Waals surface area contributed by atoms with Crippen molar-refractivity contribution < 1.29 is 13.3 Å². The number of hydrogen-bond acceptors (Lipinski definition) is 6. The van der Waals surface area contributed by atoms with E-state index in [-0.39, 0.29) is 39.7 Å². The summed E-state index contributed by atoms with van der Waals surface area (Å²) in [7, 11) is 9.81. The summed E-state index contributed by atoms with van der Waals surface area (Å²) in [5.74, 6) is -0.684. The average Bonchev–Trinajstić information content (AvgIpc) is 2.85. The van der Waals surface area contributed by atoms with Gasteiger partial charge in [0.1, 0.15) is 18.8 Å². The van der Waals surface area contributed by atoms with Crippen LogP contribution in [0, 0.1) is 11.6 Å². The Morgan fingerprint density at radius 3 is 2.43 bits per heavy atom. The van der Waals surface area contributed by atoms with Gasteiger partial charge in [-0.15, -0.1) is 0 Å². The van der Waals surface area contributed by atoms with Crippen LogP contribution in [0.1, 0.15) is 11.3 Å². The Bertz CT molecular complexity index is 1520. The maximum Gasteiger partial charge on any atom is 0.272 e. The van der Waals surface area contributed by atoms with Crippen molar-refractivity contribution in [2.24, 2.45) is 0 Å². The van der Waals surface area contributed by atoms with E-state index >= 15 is 0 Å². The lowest BCUT2D eigenvalue weighted by molar-refractivity contribution is 0.570. The van der Waals surface area contributed by atoms with E-state index in [1.807, 2.05) is 4.90 Å². The predicted octanol–water partition coefficient (Wildman–Crippen LogP) is 2.04. The van der Waals surface area contributed by atoms with Crippen molar-refractivity contribution in [2.75, 3.05) is 30.3 Å². The molecule has 3 heterocycles. The summed E-state index contributed by atoms with van der Waals surface area (Å²) in [5.41, 5.74) is -0.278. The molecule has 0 bridgehead atoms. The summed E-state index contributed by atoms with van der Waals surface area (Å²) >= 11 is 0. The van der Waals surface area contributed by atoms with Crippen molar-refractivity contribution in [3.05, 3.63) is 88.1 Å². The monoisotopic (exact) mass is 487 g/mol. The number of fused-ring (bicyclic) bond motifs is 1. The number of aromatic nitrogens is 4. The van der Waals surface area contributed by atoms with Crippen LogP contribution in [0.15, 0.2) is 59.7 Å². The van der Waals surface area contributed by atoms with Crippen molar-refractivity contribution in [3.63, 3.8) is 0 Å². The van der Waals surface area contributed by atoms with E-state index in [1.165, 1.54) is 30.3 Å². The summed E-state index contributed by atoms with van der Waals surface area (Å²) in [6.07, 6.45) is 3.72.